The largest absolute Gasteiger partial charge is 0.337 e. The summed E-state index contributed by atoms with van der Waals surface area (Å²) in [4.78, 5) is 16.2. The maximum absolute atomic E-state index is 13.2. The molecule has 1 unspecified atom stereocenters. The van der Waals surface area contributed by atoms with Crippen molar-refractivity contribution in [1.29, 1.82) is 0 Å². The molecule has 1 atom stereocenters. The van der Waals surface area contributed by atoms with Crippen molar-refractivity contribution in [2.24, 2.45) is 5.92 Å². The number of likely N-dealkylation sites (tertiary alicyclic amines) is 1. The highest BCUT2D eigenvalue weighted by molar-refractivity contribution is 6.31. The van der Waals surface area contributed by atoms with Crippen LogP contribution >= 0.6 is 11.6 Å². The highest BCUT2D eigenvalue weighted by Crippen LogP contribution is 2.21. The summed E-state index contributed by atoms with van der Waals surface area (Å²) >= 11 is 5.74. The molecule has 1 amide bonds. The zero-order chi connectivity index (χ0) is 16.4. The maximum Gasteiger partial charge on any atom is 0.253 e. The molecule has 6 heteroatoms. The van der Waals surface area contributed by atoms with Gasteiger partial charge in [-0.25, -0.2) is 8.78 Å². The van der Waals surface area contributed by atoms with Gasteiger partial charge in [-0.3, -0.25) is 9.69 Å². The summed E-state index contributed by atoms with van der Waals surface area (Å²) in [6.45, 7) is 5.54. The fraction of sp³-hybridized carbons (Fsp3) is 0.562. The molecule has 2 rings (SSSR count). The highest BCUT2D eigenvalue weighted by atomic mass is 35.5. The van der Waals surface area contributed by atoms with Crippen LogP contribution in [-0.2, 0) is 0 Å². The van der Waals surface area contributed by atoms with Gasteiger partial charge in [-0.2, -0.15) is 0 Å². The molecule has 22 heavy (non-hydrogen) atoms. The van der Waals surface area contributed by atoms with Gasteiger partial charge in [0.05, 0.1) is 5.02 Å². The second-order valence-electron chi connectivity index (χ2n) is 6.17. The lowest BCUT2D eigenvalue weighted by molar-refractivity contribution is 0.0277. The molecular weight excluding hydrogens is 310 g/mol. The Balaban J connectivity index is 2.09. The number of carbonyl (C=O) groups is 1. The lowest BCUT2D eigenvalue weighted by atomic mass is 9.99. The number of benzene rings is 1. The zero-order valence-corrected chi connectivity index (χ0v) is 13.8. The molecule has 1 aliphatic heterocycles. The van der Waals surface area contributed by atoms with Crippen LogP contribution in [0.4, 0.5) is 8.78 Å². The van der Waals surface area contributed by atoms with Crippen molar-refractivity contribution in [3.8, 4) is 0 Å². The highest BCUT2D eigenvalue weighted by Gasteiger charge is 2.32. The van der Waals surface area contributed by atoms with Crippen molar-refractivity contribution in [2.75, 3.05) is 26.7 Å². The summed E-state index contributed by atoms with van der Waals surface area (Å²) in [6.07, 6.45) is -0.760. The summed E-state index contributed by atoms with van der Waals surface area (Å²) in [5.74, 6) is -0.530. The maximum atomic E-state index is 13.2. The number of hydrogen-bond acceptors (Lipinski definition) is 2. The van der Waals surface area contributed by atoms with Gasteiger partial charge in [0, 0.05) is 38.3 Å². The molecule has 1 aromatic rings. The average molecular weight is 331 g/mol. The first-order valence-electron chi connectivity index (χ1n) is 7.38. The third-order valence-corrected chi connectivity index (χ3v) is 4.40. The monoisotopic (exact) mass is 330 g/mol. The van der Waals surface area contributed by atoms with E-state index < -0.39 is 12.0 Å². The van der Waals surface area contributed by atoms with E-state index in [4.69, 9.17) is 11.6 Å². The second-order valence-corrected chi connectivity index (χ2v) is 6.58. The smallest absolute Gasteiger partial charge is 0.253 e. The number of carbonyl (C=O) groups excluding carboxylic acids is 1. The molecule has 0 N–H and O–H groups in total. The van der Waals surface area contributed by atoms with Gasteiger partial charge < -0.3 is 4.90 Å². The van der Waals surface area contributed by atoms with E-state index in [2.05, 4.69) is 0 Å². The van der Waals surface area contributed by atoms with Crippen molar-refractivity contribution < 1.29 is 13.6 Å². The van der Waals surface area contributed by atoms with Gasteiger partial charge in [0.15, 0.2) is 0 Å². The topological polar surface area (TPSA) is 23.6 Å². The Morgan fingerprint density at radius 3 is 2.59 bits per heavy atom. The van der Waals surface area contributed by atoms with Crippen molar-refractivity contribution in [3.05, 3.63) is 34.6 Å². The molecule has 0 radical (unpaired) electrons. The number of halogens is 3. The van der Waals surface area contributed by atoms with Gasteiger partial charge in [-0.05, 0) is 24.1 Å². The van der Waals surface area contributed by atoms with Gasteiger partial charge in [0.2, 0.25) is 0 Å². The molecule has 1 fully saturated rings. The SMILES string of the molecule is CC(C)C(CN1CC(F)C1)N(C)C(=O)c1ccc(F)c(Cl)c1. The average Bonchev–Trinajstić information content (AvgIpc) is 2.43. The first-order chi connectivity index (χ1) is 10.3. The van der Waals surface area contributed by atoms with Crippen molar-refractivity contribution in [2.45, 2.75) is 26.1 Å². The molecular formula is C16H21ClF2N2O. The minimum absolute atomic E-state index is 0.0381. The van der Waals surface area contributed by atoms with Crippen LogP contribution in [0.15, 0.2) is 18.2 Å². The minimum atomic E-state index is -0.760. The number of likely N-dealkylation sites (N-methyl/N-ethyl adjacent to an activating group) is 1. The van der Waals surface area contributed by atoms with Gasteiger partial charge in [-0.15, -0.1) is 0 Å². The van der Waals surface area contributed by atoms with Crippen LogP contribution < -0.4 is 0 Å². The zero-order valence-electron chi connectivity index (χ0n) is 13.0. The van der Waals surface area contributed by atoms with Gasteiger partial charge in [0.25, 0.3) is 5.91 Å². The summed E-state index contributed by atoms with van der Waals surface area (Å²) in [7, 11) is 1.72. The molecule has 0 spiro atoms. The number of hydrogen-bond donors (Lipinski definition) is 0. The van der Waals surface area contributed by atoms with Gasteiger partial charge in [0.1, 0.15) is 12.0 Å². The van der Waals surface area contributed by atoms with E-state index in [1.807, 2.05) is 18.7 Å². The minimum Gasteiger partial charge on any atom is -0.337 e. The predicted octanol–water partition coefficient (Wildman–Crippen LogP) is 3.23. The summed E-state index contributed by atoms with van der Waals surface area (Å²) in [5.41, 5.74) is 0.353. The Labute approximate surface area is 134 Å². The Hall–Kier alpha value is -1.20. The Kier molecular flexibility index (Phi) is 5.40. The molecule has 122 valence electrons. The molecule has 3 nitrogen and oxygen atoms in total. The van der Waals surface area contributed by atoms with Crippen LogP contribution in [0.2, 0.25) is 5.02 Å². The Morgan fingerprint density at radius 1 is 1.45 bits per heavy atom. The second kappa shape index (κ2) is 6.92. The lowest BCUT2D eigenvalue weighted by Crippen LogP contribution is -2.55. The third kappa shape index (κ3) is 3.76. The molecule has 1 saturated heterocycles. The number of nitrogens with zero attached hydrogens (tertiary/aromatic N) is 2. The van der Waals surface area contributed by atoms with Crippen LogP contribution in [-0.4, -0.2) is 54.6 Å². The van der Waals surface area contributed by atoms with Crippen molar-refractivity contribution >= 4 is 17.5 Å². The van der Waals surface area contributed by atoms with Crippen molar-refractivity contribution in [3.63, 3.8) is 0 Å². The van der Waals surface area contributed by atoms with E-state index in [-0.39, 0.29) is 22.9 Å². The van der Waals surface area contributed by atoms with Crippen molar-refractivity contribution in [1.82, 2.24) is 9.80 Å². The molecule has 1 aliphatic rings. The molecule has 1 heterocycles. The lowest BCUT2D eigenvalue weighted by Gasteiger charge is -2.41. The van der Waals surface area contributed by atoms with Gasteiger partial charge >= 0.3 is 0 Å². The molecule has 0 aromatic heterocycles. The number of rotatable bonds is 5. The van der Waals surface area contributed by atoms with Crippen LogP contribution in [0.5, 0.6) is 0 Å². The summed E-state index contributed by atoms with van der Waals surface area (Å²) < 4.78 is 26.2. The first kappa shape index (κ1) is 17.2. The number of amides is 1. The van der Waals surface area contributed by atoms with Crippen LogP contribution in [0, 0.1) is 11.7 Å². The van der Waals surface area contributed by atoms with E-state index in [9.17, 15) is 13.6 Å². The molecule has 1 aromatic carbocycles. The van der Waals surface area contributed by atoms with Crippen LogP contribution in [0.3, 0.4) is 0 Å². The van der Waals surface area contributed by atoms with E-state index in [1.54, 1.807) is 11.9 Å². The summed E-state index contributed by atoms with van der Waals surface area (Å²) in [6, 6.07) is 3.92. The standard InChI is InChI=1S/C16H21ClF2N2O/c1-10(2)15(9-21-7-12(18)8-21)20(3)16(22)11-4-5-14(19)13(17)6-11/h4-6,10,12,15H,7-9H2,1-3H3. The molecule has 0 saturated carbocycles. The van der Waals surface area contributed by atoms with E-state index >= 15 is 0 Å². The fourth-order valence-electron chi connectivity index (χ4n) is 2.68. The van der Waals surface area contributed by atoms with E-state index in [0.717, 1.165) is 0 Å². The Morgan fingerprint density at radius 2 is 2.09 bits per heavy atom. The third-order valence-electron chi connectivity index (χ3n) is 4.11. The Bertz CT molecular complexity index is 547. The van der Waals surface area contributed by atoms with E-state index in [0.29, 0.717) is 25.2 Å². The first-order valence-corrected chi connectivity index (χ1v) is 7.76. The van der Waals surface area contributed by atoms with Gasteiger partial charge in [-0.1, -0.05) is 25.4 Å². The van der Waals surface area contributed by atoms with Crippen LogP contribution in [0.1, 0.15) is 24.2 Å². The molecule has 0 aliphatic carbocycles. The summed E-state index contributed by atoms with van der Waals surface area (Å²) in [5, 5.41) is -0.0663. The fourth-order valence-corrected chi connectivity index (χ4v) is 2.86. The number of alkyl halides is 1. The van der Waals surface area contributed by atoms with Crippen LogP contribution in [0.25, 0.3) is 0 Å². The van der Waals surface area contributed by atoms with E-state index in [1.165, 1.54) is 18.2 Å². The molecule has 0 bridgehead atoms. The normalized spacial score (nSPS) is 17.4. The quantitative estimate of drug-likeness (QED) is 0.827. The predicted molar refractivity (Wildman–Crippen MR) is 83.5 cm³/mol.